The molecule has 9 heteroatoms. The zero-order valence-corrected chi connectivity index (χ0v) is 19.1. The minimum Gasteiger partial charge on any atom is -0.385 e. The van der Waals surface area contributed by atoms with Crippen molar-refractivity contribution in [3.8, 4) is 0 Å². The average molecular weight is 456 g/mol. The maximum atomic E-state index is 13.0. The SMILES string of the molecule is CC(C)CCNc1cc(C(=O)NCCn2ccnc2)cc(S(=O)(=O)Nc2ccccc2)c1. The topological polar surface area (TPSA) is 105 Å². The summed E-state index contributed by atoms with van der Waals surface area (Å²) in [5.41, 5.74) is 1.32. The van der Waals surface area contributed by atoms with Crippen molar-refractivity contribution in [1.29, 1.82) is 0 Å². The number of hydrogen-bond donors (Lipinski definition) is 3. The maximum absolute atomic E-state index is 13.0. The van der Waals surface area contributed by atoms with Gasteiger partial charge in [0.05, 0.1) is 11.2 Å². The van der Waals surface area contributed by atoms with Crippen molar-refractivity contribution in [3.63, 3.8) is 0 Å². The van der Waals surface area contributed by atoms with Crippen LogP contribution in [0, 0.1) is 5.92 Å². The Hall–Kier alpha value is -3.33. The van der Waals surface area contributed by atoms with E-state index in [0.717, 1.165) is 6.42 Å². The largest absolute Gasteiger partial charge is 0.385 e. The summed E-state index contributed by atoms with van der Waals surface area (Å²) in [6, 6.07) is 13.3. The van der Waals surface area contributed by atoms with Crippen LogP contribution in [-0.2, 0) is 16.6 Å². The molecule has 0 fully saturated rings. The smallest absolute Gasteiger partial charge is 0.261 e. The lowest BCUT2D eigenvalue weighted by atomic mass is 10.1. The molecule has 1 amide bonds. The molecule has 1 aromatic heterocycles. The third-order valence-electron chi connectivity index (χ3n) is 4.77. The molecule has 170 valence electrons. The van der Waals surface area contributed by atoms with Crippen molar-refractivity contribution in [2.45, 2.75) is 31.7 Å². The van der Waals surface area contributed by atoms with E-state index in [1.54, 1.807) is 48.9 Å². The minimum absolute atomic E-state index is 0.0238. The van der Waals surface area contributed by atoms with Gasteiger partial charge in [-0.15, -0.1) is 0 Å². The lowest BCUT2D eigenvalue weighted by Gasteiger charge is -2.14. The molecule has 0 aliphatic heterocycles. The molecule has 1 heterocycles. The maximum Gasteiger partial charge on any atom is 0.261 e. The van der Waals surface area contributed by atoms with Crippen LogP contribution < -0.4 is 15.4 Å². The van der Waals surface area contributed by atoms with Crippen LogP contribution in [0.1, 0.15) is 30.6 Å². The minimum atomic E-state index is -3.87. The van der Waals surface area contributed by atoms with Crippen LogP contribution in [0.2, 0.25) is 0 Å². The molecule has 0 aliphatic carbocycles. The average Bonchev–Trinajstić information content (AvgIpc) is 3.27. The van der Waals surface area contributed by atoms with Gasteiger partial charge < -0.3 is 15.2 Å². The van der Waals surface area contributed by atoms with Gasteiger partial charge in [0.25, 0.3) is 15.9 Å². The highest BCUT2D eigenvalue weighted by Crippen LogP contribution is 2.22. The zero-order chi connectivity index (χ0) is 23.0. The summed E-state index contributed by atoms with van der Waals surface area (Å²) in [6.45, 7) is 5.87. The van der Waals surface area contributed by atoms with Crippen molar-refractivity contribution >= 4 is 27.3 Å². The number of nitrogens with one attached hydrogen (secondary N) is 3. The number of amides is 1. The van der Waals surface area contributed by atoms with Crippen LogP contribution in [-0.4, -0.2) is 37.0 Å². The molecule has 0 unspecified atom stereocenters. The first-order valence-electron chi connectivity index (χ1n) is 10.5. The van der Waals surface area contributed by atoms with Crippen LogP contribution >= 0.6 is 0 Å². The lowest BCUT2D eigenvalue weighted by Crippen LogP contribution is -2.27. The van der Waals surface area contributed by atoms with Gasteiger partial charge in [-0.25, -0.2) is 13.4 Å². The van der Waals surface area contributed by atoms with Gasteiger partial charge in [0.15, 0.2) is 0 Å². The second-order valence-electron chi connectivity index (χ2n) is 7.88. The van der Waals surface area contributed by atoms with Crippen LogP contribution in [0.25, 0.3) is 0 Å². The molecule has 0 atom stereocenters. The molecule has 32 heavy (non-hydrogen) atoms. The molecule has 3 N–H and O–H groups in total. The summed E-state index contributed by atoms with van der Waals surface area (Å²) in [5, 5.41) is 6.08. The molecule has 0 aliphatic rings. The number of rotatable bonds is 11. The zero-order valence-electron chi connectivity index (χ0n) is 18.3. The highest BCUT2D eigenvalue weighted by molar-refractivity contribution is 7.92. The first-order valence-corrected chi connectivity index (χ1v) is 12.0. The van der Waals surface area contributed by atoms with E-state index in [4.69, 9.17) is 0 Å². The third kappa shape index (κ3) is 6.84. The summed E-state index contributed by atoms with van der Waals surface area (Å²) in [7, 11) is -3.87. The van der Waals surface area contributed by atoms with Gasteiger partial charge in [0, 0.05) is 49.0 Å². The normalized spacial score (nSPS) is 11.3. The molecule has 0 radical (unpaired) electrons. The van der Waals surface area contributed by atoms with E-state index in [2.05, 4.69) is 34.2 Å². The van der Waals surface area contributed by atoms with Gasteiger partial charge in [0.2, 0.25) is 0 Å². The highest BCUT2D eigenvalue weighted by atomic mass is 32.2. The first-order chi connectivity index (χ1) is 15.3. The third-order valence-corrected chi connectivity index (χ3v) is 6.13. The molecule has 8 nitrogen and oxygen atoms in total. The Morgan fingerprint density at radius 1 is 1.06 bits per heavy atom. The van der Waals surface area contributed by atoms with Gasteiger partial charge in [-0.1, -0.05) is 32.0 Å². The second kappa shape index (κ2) is 10.8. The first kappa shape index (κ1) is 23.3. The Bertz CT molecular complexity index is 1110. The van der Waals surface area contributed by atoms with Crippen molar-refractivity contribution in [2.75, 3.05) is 23.1 Å². The fourth-order valence-corrected chi connectivity index (χ4v) is 4.16. The number of hydrogen-bond acceptors (Lipinski definition) is 5. The highest BCUT2D eigenvalue weighted by Gasteiger charge is 2.18. The van der Waals surface area contributed by atoms with Crippen LogP contribution in [0.3, 0.4) is 0 Å². The summed E-state index contributed by atoms with van der Waals surface area (Å²) >= 11 is 0. The van der Waals surface area contributed by atoms with Crippen LogP contribution in [0.4, 0.5) is 11.4 Å². The van der Waals surface area contributed by atoms with Crippen LogP contribution in [0.15, 0.2) is 72.1 Å². The van der Waals surface area contributed by atoms with E-state index in [1.807, 2.05) is 16.8 Å². The predicted molar refractivity (Wildman–Crippen MR) is 126 cm³/mol. The van der Waals surface area contributed by atoms with Gasteiger partial charge in [-0.2, -0.15) is 0 Å². The lowest BCUT2D eigenvalue weighted by molar-refractivity contribution is 0.0952. The van der Waals surface area contributed by atoms with E-state index in [9.17, 15) is 13.2 Å². The number of aromatic nitrogens is 2. The van der Waals surface area contributed by atoms with E-state index >= 15 is 0 Å². The molecule has 0 spiro atoms. The van der Waals surface area contributed by atoms with Gasteiger partial charge in [0.1, 0.15) is 0 Å². The number of anilines is 2. The fourth-order valence-electron chi connectivity index (χ4n) is 3.03. The van der Waals surface area contributed by atoms with Gasteiger partial charge in [-0.05, 0) is 42.7 Å². The van der Waals surface area contributed by atoms with Crippen molar-refractivity contribution in [2.24, 2.45) is 5.92 Å². The quantitative estimate of drug-likeness (QED) is 0.410. The van der Waals surface area contributed by atoms with Crippen molar-refractivity contribution < 1.29 is 13.2 Å². The number of para-hydroxylation sites is 1. The molecule has 0 bridgehead atoms. The Morgan fingerprint density at radius 3 is 2.53 bits per heavy atom. The second-order valence-corrected chi connectivity index (χ2v) is 9.57. The molecule has 0 saturated carbocycles. The summed E-state index contributed by atoms with van der Waals surface area (Å²) < 4.78 is 30.4. The number of sulfonamides is 1. The van der Waals surface area contributed by atoms with Gasteiger partial charge in [-0.3, -0.25) is 9.52 Å². The Labute approximate surface area is 189 Å². The number of carbonyl (C=O) groups is 1. The molecule has 3 aromatic rings. The molecular formula is C23H29N5O3S. The fraction of sp³-hybridized carbons (Fsp3) is 0.304. The molecule has 3 rings (SSSR count). The monoisotopic (exact) mass is 455 g/mol. The van der Waals surface area contributed by atoms with Gasteiger partial charge >= 0.3 is 0 Å². The number of imidazole rings is 1. The number of nitrogens with zero attached hydrogens (tertiary/aromatic N) is 2. The standard InChI is InChI=1S/C23H29N5O3S/c1-18(2)8-9-25-21-14-19(23(29)26-11-13-28-12-10-24-17-28)15-22(16-21)32(30,31)27-20-6-4-3-5-7-20/h3-7,10,12,14-18,25,27H,8-9,11,13H2,1-2H3,(H,26,29). The summed E-state index contributed by atoms with van der Waals surface area (Å²) in [4.78, 5) is 16.8. The Morgan fingerprint density at radius 2 is 1.84 bits per heavy atom. The van der Waals surface area contributed by atoms with E-state index in [0.29, 0.717) is 36.9 Å². The summed E-state index contributed by atoms with van der Waals surface area (Å²) in [5.74, 6) is 0.161. The molecule has 0 saturated heterocycles. The van der Waals surface area contributed by atoms with E-state index in [-0.39, 0.29) is 16.4 Å². The Balaban J connectivity index is 1.80. The van der Waals surface area contributed by atoms with E-state index < -0.39 is 10.0 Å². The van der Waals surface area contributed by atoms with E-state index in [1.165, 1.54) is 6.07 Å². The predicted octanol–water partition coefficient (Wildman–Crippen LogP) is 3.57. The van der Waals surface area contributed by atoms with Crippen molar-refractivity contribution in [1.82, 2.24) is 14.9 Å². The molecule has 2 aromatic carbocycles. The number of benzene rings is 2. The summed E-state index contributed by atoms with van der Waals surface area (Å²) in [6.07, 6.45) is 6.08. The Kier molecular flexibility index (Phi) is 7.88. The van der Waals surface area contributed by atoms with Crippen LogP contribution in [0.5, 0.6) is 0 Å². The van der Waals surface area contributed by atoms with Crippen molar-refractivity contribution in [3.05, 3.63) is 72.8 Å². The molecular weight excluding hydrogens is 426 g/mol. The number of carbonyl (C=O) groups excluding carboxylic acids is 1.